The van der Waals surface area contributed by atoms with Gasteiger partial charge in [0.1, 0.15) is 11.8 Å². The number of imide groups is 1. The van der Waals surface area contributed by atoms with Gasteiger partial charge in [0.15, 0.2) is 5.78 Å². The van der Waals surface area contributed by atoms with Gasteiger partial charge in [0, 0.05) is 17.5 Å². The molecule has 3 aliphatic rings. The summed E-state index contributed by atoms with van der Waals surface area (Å²) in [6, 6.07) is 18.6. The van der Waals surface area contributed by atoms with Crippen molar-refractivity contribution in [2.75, 3.05) is 4.90 Å². The van der Waals surface area contributed by atoms with E-state index in [4.69, 9.17) is 16.3 Å². The zero-order valence-electron chi connectivity index (χ0n) is 19.6. The standard InChI is InChI=1S/C28H20ClN3O5/c1-15(33)37-20-12-10-19(11-13-20)31-27(35)22-23(28(31)36)25(26(34)16-6-8-18(29)9-7-16)32-24(22)21-5-3-2-4-17(21)14-30-32/h2-14,22-25H,1H3/t22-,23+,24?,25-/m1/s1. The summed E-state index contributed by atoms with van der Waals surface area (Å²) in [5.74, 6) is -3.09. The molecule has 3 aromatic carbocycles. The number of Topliss-reactive ketones (excluding diaryl/α,β-unsaturated/α-hetero) is 1. The third-order valence-corrected chi connectivity index (χ3v) is 7.30. The van der Waals surface area contributed by atoms with Gasteiger partial charge in [0.05, 0.1) is 29.8 Å². The molecule has 0 spiro atoms. The Kier molecular flexibility index (Phi) is 5.42. The van der Waals surface area contributed by atoms with Gasteiger partial charge in [-0.3, -0.25) is 24.2 Å². The van der Waals surface area contributed by atoms with Gasteiger partial charge in [-0.25, -0.2) is 4.90 Å². The quantitative estimate of drug-likeness (QED) is 0.226. The molecule has 2 fully saturated rings. The van der Waals surface area contributed by atoms with Crippen molar-refractivity contribution in [1.82, 2.24) is 5.01 Å². The fourth-order valence-corrected chi connectivity index (χ4v) is 5.66. The molecule has 0 N–H and O–H groups in total. The van der Waals surface area contributed by atoms with Crippen LogP contribution in [0.2, 0.25) is 5.02 Å². The van der Waals surface area contributed by atoms with Gasteiger partial charge in [-0.1, -0.05) is 35.9 Å². The number of ketones is 1. The van der Waals surface area contributed by atoms with Crippen LogP contribution in [0.1, 0.15) is 34.5 Å². The van der Waals surface area contributed by atoms with E-state index in [9.17, 15) is 19.2 Å². The maximum Gasteiger partial charge on any atom is 0.308 e. The number of anilines is 1. The summed E-state index contributed by atoms with van der Waals surface area (Å²) >= 11 is 6.02. The summed E-state index contributed by atoms with van der Waals surface area (Å²) < 4.78 is 5.07. The van der Waals surface area contributed by atoms with E-state index in [1.807, 2.05) is 24.3 Å². The SMILES string of the molecule is CC(=O)Oc1ccc(N2C(=O)[C@H]3[C@@H](C2=O)C2c4ccccc4C=NN2[C@H]3C(=O)c2ccc(Cl)cc2)cc1. The highest BCUT2D eigenvalue weighted by atomic mass is 35.5. The molecule has 1 unspecified atom stereocenters. The van der Waals surface area contributed by atoms with Crippen molar-refractivity contribution in [3.8, 4) is 5.75 Å². The van der Waals surface area contributed by atoms with E-state index >= 15 is 0 Å². The minimum Gasteiger partial charge on any atom is -0.427 e. The van der Waals surface area contributed by atoms with Crippen molar-refractivity contribution in [3.63, 3.8) is 0 Å². The number of hydrogen-bond acceptors (Lipinski definition) is 7. The second-order valence-corrected chi connectivity index (χ2v) is 9.60. The summed E-state index contributed by atoms with van der Waals surface area (Å²) in [6.45, 7) is 1.29. The molecule has 3 aromatic rings. The minimum atomic E-state index is -0.970. The first-order chi connectivity index (χ1) is 17.8. The fraction of sp³-hybridized carbons (Fsp3) is 0.179. The molecule has 184 valence electrons. The Labute approximate surface area is 217 Å². The number of halogens is 1. The number of rotatable bonds is 4. The van der Waals surface area contributed by atoms with Crippen LogP contribution in [-0.4, -0.2) is 40.8 Å². The molecule has 37 heavy (non-hydrogen) atoms. The predicted molar refractivity (Wildman–Crippen MR) is 135 cm³/mol. The number of ether oxygens (including phenoxy) is 1. The molecule has 0 bridgehead atoms. The number of benzene rings is 3. The van der Waals surface area contributed by atoms with Gasteiger partial charge in [-0.15, -0.1) is 0 Å². The molecule has 3 aliphatic heterocycles. The van der Waals surface area contributed by atoms with Gasteiger partial charge in [-0.2, -0.15) is 5.10 Å². The van der Waals surface area contributed by atoms with Gasteiger partial charge in [0.25, 0.3) is 0 Å². The van der Waals surface area contributed by atoms with E-state index < -0.39 is 41.7 Å². The van der Waals surface area contributed by atoms with Gasteiger partial charge in [0.2, 0.25) is 11.8 Å². The molecule has 3 heterocycles. The smallest absolute Gasteiger partial charge is 0.308 e. The number of carbonyl (C=O) groups excluding carboxylic acids is 4. The highest BCUT2D eigenvalue weighted by molar-refractivity contribution is 6.30. The normalized spacial score (nSPS) is 23.5. The second-order valence-electron chi connectivity index (χ2n) is 9.17. The zero-order valence-corrected chi connectivity index (χ0v) is 20.3. The Hall–Kier alpha value is -4.30. The van der Waals surface area contributed by atoms with Crippen LogP contribution in [0.15, 0.2) is 77.9 Å². The van der Waals surface area contributed by atoms with Crippen molar-refractivity contribution in [1.29, 1.82) is 0 Å². The Morgan fingerprint density at radius 1 is 0.892 bits per heavy atom. The largest absolute Gasteiger partial charge is 0.427 e. The number of amides is 2. The molecule has 8 nitrogen and oxygen atoms in total. The number of hydrogen-bond donors (Lipinski definition) is 0. The lowest BCUT2D eigenvalue weighted by molar-refractivity contribution is -0.132. The van der Waals surface area contributed by atoms with Gasteiger partial charge in [-0.05, 0) is 59.7 Å². The first-order valence-corrected chi connectivity index (χ1v) is 12.1. The molecule has 0 aromatic heterocycles. The van der Waals surface area contributed by atoms with E-state index in [0.29, 0.717) is 22.0 Å². The van der Waals surface area contributed by atoms with E-state index in [-0.39, 0.29) is 5.78 Å². The molecule has 0 radical (unpaired) electrons. The number of carbonyl (C=O) groups is 4. The van der Waals surface area contributed by atoms with Crippen LogP contribution >= 0.6 is 11.6 Å². The lowest BCUT2D eigenvalue weighted by atomic mass is 9.83. The average molecular weight is 514 g/mol. The number of fused-ring (bicyclic) bond motifs is 5. The molecule has 2 saturated heterocycles. The molecular formula is C28H20ClN3O5. The Morgan fingerprint density at radius 3 is 2.27 bits per heavy atom. The summed E-state index contributed by atoms with van der Waals surface area (Å²) in [5.41, 5.74) is 2.41. The second kappa shape index (κ2) is 8.67. The summed E-state index contributed by atoms with van der Waals surface area (Å²) in [5, 5.41) is 6.66. The average Bonchev–Trinajstić information content (AvgIpc) is 3.37. The Morgan fingerprint density at radius 2 is 1.57 bits per heavy atom. The zero-order chi connectivity index (χ0) is 25.8. The Balaban J connectivity index is 1.44. The fourth-order valence-electron chi connectivity index (χ4n) is 5.54. The summed E-state index contributed by atoms with van der Waals surface area (Å²) in [7, 11) is 0. The van der Waals surface area contributed by atoms with E-state index in [1.165, 1.54) is 19.1 Å². The van der Waals surface area contributed by atoms with E-state index in [2.05, 4.69) is 5.10 Å². The monoisotopic (exact) mass is 513 g/mol. The molecule has 2 amide bonds. The molecule has 9 heteroatoms. The third kappa shape index (κ3) is 3.64. The van der Waals surface area contributed by atoms with E-state index in [1.54, 1.807) is 47.6 Å². The lowest BCUT2D eigenvalue weighted by Crippen LogP contribution is -2.44. The molecule has 0 saturated carbocycles. The van der Waals surface area contributed by atoms with Crippen LogP contribution in [0.5, 0.6) is 5.75 Å². The first kappa shape index (κ1) is 23.1. The van der Waals surface area contributed by atoms with Crippen LogP contribution in [-0.2, 0) is 14.4 Å². The van der Waals surface area contributed by atoms with E-state index in [0.717, 1.165) is 16.0 Å². The van der Waals surface area contributed by atoms with Crippen molar-refractivity contribution in [2.24, 2.45) is 16.9 Å². The lowest BCUT2D eigenvalue weighted by Gasteiger charge is -2.33. The maximum atomic E-state index is 13.9. The Bertz CT molecular complexity index is 1480. The van der Waals surface area contributed by atoms with Crippen molar-refractivity contribution < 1.29 is 23.9 Å². The van der Waals surface area contributed by atoms with Crippen LogP contribution in [0, 0.1) is 11.8 Å². The van der Waals surface area contributed by atoms with Crippen molar-refractivity contribution in [2.45, 2.75) is 19.0 Å². The molecule has 6 rings (SSSR count). The third-order valence-electron chi connectivity index (χ3n) is 7.05. The topological polar surface area (TPSA) is 96.3 Å². The van der Waals surface area contributed by atoms with Crippen molar-refractivity contribution >= 4 is 47.1 Å². The van der Waals surface area contributed by atoms with Crippen molar-refractivity contribution in [3.05, 3.63) is 94.5 Å². The van der Waals surface area contributed by atoms with Gasteiger partial charge >= 0.3 is 5.97 Å². The van der Waals surface area contributed by atoms with Crippen LogP contribution in [0.4, 0.5) is 5.69 Å². The first-order valence-electron chi connectivity index (χ1n) is 11.7. The number of hydrazone groups is 1. The minimum absolute atomic E-state index is 0.299. The highest BCUT2D eigenvalue weighted by Crippen LogP contribution is 2.53. The highest BCUT2D eigenvalue weighted by Gasteiger charge is 2.65. The maximum absolute atomic E-state index is 13.9. The molecular weight excluding hydrogens is 494 g/mol. The van der Waals surface area contributed by atoms with Crippen LogP contribution < -0.4 is 9.64 Å². The summed E-state index contributed by atoms with van der Waals surface area (Å²) in [6.07, 6.45) is 1.66. The number of esters is 1. The van der Waals surface area contributed by atoms with Crippen LogP contribution in [0.3, 0.4) is 0 Å². The molecule has 0 aliphatic carbocycles. The van der Waals surface area contributed by atoms with Crippen LogP contribution in [0.25, 0.3) is 0 Å². The number of nitrogens with zero attached hydrogens (tertiary/aromatic N) is 3. The summed E-state index contributed by atoms with van der Waals surface area (Å²) in [4.78, 5) is 54.0. The van der Waals surface area contributed by atoms with Gasteiger partial charge < -0.3 is 4.74 Å². The molecule has 4 atom stereocenters. The predicted octanol–water partition coefficient (Wildman–Crippen LogP) is 4.03.